The minimum absolute atomic E-state index is 0.154. The van der Waals surface area contributed by atoms with E-state index in [1.165, 1.54) is 13.2 Å². The second-order valence-corrected chi connectivity index (χ2v) is 5.58. The van der Waals surface area contributed by atoms with Gasteiger partial charge >= 0.3 is 11.9 Å². The van der Waals surface area contributed by atoms with Crippen LogP contribution in [0, 0.1) is 0 Å². The molecular formula is C15H13NO6S. The number of carbonyl (C=O) groups is 4. The van der Waals surface area contributed by atoms with Gasteiger partial charge in [0.1, 0.15) is 0 Å². The highest BCUT2D eigenvalue weighted by molar-refractivity contribution is 8.18. The van der Waals surface area contributed by atoms with E-state index in [4.69, 9.17) is 5.11 Å². The van der Waals surface area contributed by atoms with Crippen molar-refractivity contribution < 1.29 is 29.0 Å². The van der Waals surface area contributed by atoms with Gasteiger partial charge in [-0.1, -0.05) is 12.1 Å². The van der Waals surface area contributed by atoms with Gasteiger partial charge < -0.3 is 9.84 Å². The van der Waals surface area contributed by atoms with E-state index in [0.29, 0.717) is 11.1 Å². The summed E-state index contributed by atoms with van der Waals surface area (Å²) in [6.07, 6.45) is 1.23. The molecule has 0 spiro atoms. The molecule has 1 saturated heterocycles. The lowest BCUT2D eigenvalue weighted by molar-refractivity contribution is -0.137. The number of carboxylic acid groups (broad SMARTS) is 1. The van der Waals surface area contributed by atoms with Crippen LogP contribution in [-0.2, 0) is 14.3 Å². The van der Waals surface area contributed by atoms with E-state index in [9.17, 15) is 19.2 Å². The smallest absolute Gasteiger partial charge is 0.337 e. The molecule has 1 aliphatic heterocycles. The number of amides is 2. The van der Waals surface area contributed by atoms with Crippen molar-refractivity contribution in [3.8, 4) is 0 Å². The Kier molecular flexibility index (Phi) is 5.17. The Hall–Kier alpha value is -2.61. The molecule has 0 bridgehead atoms. The highest BCUT2D eigenvalue weighted by atomic mass is 32.2. The van der Waals surface area contributed by atoms with Crippen molar-refractivity contribution in [3.05, 3.63) is 40.3 Å². The molecule has 8 heteroatoms. The van der Waals surface area contributed by atoms with Gasteiger partial charge in [-0.3, -0.25) is 19.3 Å². The summed E-state index contributed by atoms with van der Waals surface area (Å²) in [5.41, 5.74) is 1.01. The van der Waals surface area contributed by atoms with Gasteiger partial charge in [-0.25, -0.2) is 4.79 Å². The van der Waals surface area contributed by atoms with Crippen molar-refractivity contribution in [2.24, 2.45) is 0 Å². The number of carbonyl (C=O) groups excluding carboxylic acids is 3. The zero-order valence-electron chi connectivity index (χ0n) is 12.1. The van der Waals surface area contributed by atoms with E-state index < -0.39 is 23.1 Å². The molecule has 1 fully saturated rings. The zero-order valence-corrected chi connectivity index (χ0v) is 13.0. The van der Waals surface area contributed by atoms with Crippen LogP contribution in [0.25, 0.3) is 6.08 Å². The molecule has 1 aromatic carbocycles. The number of nitrogens with zero attached hydrogens (tertiary/aromatic N) is 1. The van der Waals surface area contributed by atoms with Crippen molar-refractivity contribution >= 4 is 40.9 Å². The summed E-state index contributed by atoms with van der Waals surface area (Å²) in [5, 5.41) is 8.14. The summed E-state index contributed by atoms with van der Waals surface area (Å²) in [7, 11) is 1.28. The number of imide groups is 1. The molecule has 1 heterocycles. The van der Waals surface area contributed by atoms with E-state index in [1.54, 1.807) is 24.3 Å². The monoisotopic (exact) mass is 335 g/mol. The maximum atomic E-state index is 12.1. The number of ether oxygens (including phenoxy) is 1. The molecule has 0 aromatic heterocycles. The number of thioether (sulfide) groups is 1. The molecule has 1 aliphatic rings. The number of hydrogen-bond donors (Lipinski definition) is 1. The molecule has 0 unspecified atom stereocenters. The molecule has 23 heavy (non-hydrogen) atoms. The topological polar surface area (TPSA) is 101 Å². The number of hydrogen-bond acceptors (Lipinski definition) is 6. The summed E-state index contributed by atoms with van der Waals surface area (Å²) in [4.78, 5) is 46.9. The number of aliphatic carboxylic acids is 1. The first-order valence-corrected chi connectivity index (χ1v) is 7.39. The van der Waals surface area contributed by atoms with Crippen LogP contribution < -0.4 is 0 Å². The van der Waals surface area contributed by atoms with Crippen LogP contribution in [0.2, 0.25) is 0 Å². The third kappa shape index (κ3) is 3.98. The van der Waals surface area contributed by atoms with Crippen LogP contribution >= 0.6 is 11.8 Å². The van der Waals surface area contributed by atoms with Gasteiger partial charge in [0, 0.05) is 6.54 Å². The third-order valence-electron chi connectivity index (χ3n) is 3.05. The fraction of sp³-hybridized carbons (Fsp3) is 0.200. The molecule has 1 aromatic rings. The van der Waals surface area contributed by atoms with Gasteiger partial charge in [-0.05, 0) is 35.5 Å². The standard InChI is InChI=1S/C15H13NO6S/c1-22-14(20)10-4-2-9(3-5-10)8-11-13(19)16(15(21)23-11)7-6-12(17)18/h2-5,8H,6-7H2,1H3,(H,17,18). The number of carboxylic acids is 1. The van der Waals surface area contributed by atoms with Crippen LogP contribution in [0.4, 0.5) is 4.79 Å². The summed E-state index contributed by atoms with van der Waals surface area (Å²) in [6.45, 7) is -0.154. The first kappa shape index (κ1) is 16.8. The predicted molar refractivity (Wildman–Crippen MR) is 82.7 cm³/mol. The largest absolute Gasteiger partial charge is 0.481 e. The van der Waals surface area contributed by atoms with Crippen LogP contribution in [0.3, 0.4) is 0 Å². The molecule has 0 atom stereocenters. The highest BCUT2D eigenvalue weighted by Crippen LogP contribution is 2.32. The minimum atomic E-state index is -1.08. The van der Waals surface area contributed by atoms with Crippen LogP contribution in [0.15, 0.2) is 29.2 Å². The number of benzene rings is 1. The van der Waals surface area contributed by atoms with Crippen molar-refractivity contribution in [2.45, 2.75) is 6.42 Å². The molecular weight excluding hydrogens is 322 g/mol. The Morgan fingerprint density at radius 1 is 1.26 bits per heavy atom. The third-order valence-corrected chi connectivity index (χ3v) is 3.96. The van der Waals surface area contributed by atoms with Gasteiger partial charge in [0.25, 0.3) is 11.1 Å². The van der Waals surface area contributed by atoms with E-state index in [1.807, 2.05) is 0 Å². The number of methoxy groups -OCH3 is 1. The van der Waals surface area contributed by atoms with E-state index in [-0.39, 0.29) is 17.9 Å². The highest BCUT2D eigenvalue weighted by Gasteiger charge is 2.34. The molecule has 120 valence electrons. The average molecular weight is 335 g/mol. The van der Waals surface area contributed by atoms with E-state index >= 15 is 0 Å². The van der Waals surface area contributed by atoms with Crippen molar-refractivity contribution in [2.75, 3.05) is 13.7 Å². The van der Waals surface area contributed by atoms with Crippen molar-refractivity contribution in [3.63, 3.8) is 0 Å². The molecule has 0 radical (unpaired) electrons. The number of rotatable bonds is 5. The Bertz CT molecular complexity index is 694. The molecule has 2 amide bonds. The number of esters is 1. The Morgan fingerprint density at radius 2 is 1.91 bits per heavy atom. The first-order chi connectivity index (χ1) is 10.9. The van der Waals surface area contributed by atoms with Gasteiger partial charge in [0.05, 0.1) is 24.0 Å². The normalized spacial score (nSPS) is 16.0. The zero-order chi connectivity index (χ0) is 17.0. The lowest BCUT2D eigenvalue weighted by atomic mass is 10.1. The first-order valence-electron chi connectivity index (χ1n) is 6.58. The Balaban J connectivity index is 2.14. The average Bonchev–Trinajstić information content (AvgIpc) is 2.79. The maximum absolute atomic E-state index is 12.1. The minimum Gasteiger partial charge on any atom is -0.481 e. The second kappa shape index (κ2) is 7.10. The molecule has 2 rings (SSSR count). The molecule has 7 nitrogen and oxygen atoms in total. The summed E-state index contributed by atoms with van der Waals surface area (Å²) < 4.78 is 4.59. The van der Waals surface area contributed by atoms with Gasteiger partial charge in [-0.2, -0.15) is 0 Å². The summed E-state index contributed by atoms with van der Waals surface area (Å²) >= 11 is 0.757. The van der Waals surface area contributed by atoms with Crippen LogP contribution in [0.5, 0.6) is 0 Å². The molecule has 0 saturated carbocycles. The molecule has 0 aliphatic carbocycles. The van der Waals surface area contributed by atoms with Crippen LogP contribution in [-0.4, -0.2) is 46.7 Å². The lowest BCUT2D eigenvalue weighted by Gasteiger charge is -2.09. The summed E-state index contributed by atoms with van der Waals surface area (Å²) in [6, 6.07) is 6.34. The quantitative estimate of drug-likeness (QED) is 0.648. The SMILES string of the molecule is COC(=O)c1ccc(C=C2SC(=O)N(CCC(=O)O)C2=O)cc1. The fourth-order valence-corrected chi connectivity index (χ4v) is 2.75. The van der Waals surface area contributed by atoms with Gasteiger partial charge in [-0.15, -0.1) is 0 Å². The summed E-state index contributed by atoms with van der Waals surface area (Å²) in [5.74, 6) is -2.06. The fourth-order valence-electron chi connectivity index (χ4n) is 1.88. The van der Waals surface area contributed by atoms with Gasteiger partial charge in [0.15, 0.2) is 0 Å². The second-order valence-electron chi connectivity index (χ2n) is 4.59. The van der Waals surface area contributed by atoms with Crippen LogP contribution in [0.1, 0.15) is 22.3 Å². The van der Waals surface area contributed by atoms with Crippen molar-refractivity contribution in [1.82, 2.24) is 4.90 Å². The van der Waals surface area contributed by atoms with Gasteiger partial charge in [0.2, 0.25) is 0 Å². The Morgan fingerprint density at radius 3 is 2.48 bits per heavy atom. The van der Waals surface area contributed by atoms with Crippen molar-refractivity contribution in [1.29, 1.82) is 0 Å². The molecule has 1 N–H and O–H groups in total. The maximum Gasteiger partial charge on any atom is 0.337 e. The van der Waals surface area contributed by atoms with E-state index in [2.05, 4.69) is 4.74 Å². The van der Waals surface area contributed by atoms with E-state index in [0.717, 1.165) is 16.7 Å². The lowest BCUT2D eigenvalue weighted by Crippen LogP contribution is -2.30. The Labute approximate surface area is 135 Å². The predicted octanol–water partition coefficient (Wildman–Crippen LogP) is 1.98.